The van der Waals surface area contributed by atoms with Crippen LogP contribution in [0.15, 0.2) is 24.4 Å². The largest absolute Gasteiger partial charge is 0.496 e. The topological polar surface area (TPSA) is 39.1 Å². The molecule has 1 aliphatic heterocycles. The van der Waals surface area contributed by atoms with Gasteiger partial charge in [0.2, 0.25) is 0 Å². The Bertz CT molecular complexity index is 384. The highest BCUT2D eigenvalue weighted by Crippen LogP contribution is 2.25. The van der Waals surface area contributed by atoms with E-state index in [-0.39, 0.29) is 6.04 Å². The molecule has 2 rings (SSSR count). The summed E-state index contributed by atoms with van der Waals surface area (Å²) in [7, 11) is 2.02. The molecule has 17 heavy (non-hydrogen) atoms. The molecule has 1 N–H and O–H groups in total. The van der Waals surface area contributed by atoms with E-state index in [0.717, 1.165) is 43.9 Å². The summed E-state index contributed by atoms with van der Waals surface area (Å²) in [5.41, 5.74) is 1.16. The highest BCUT2D eigenvalue weighted by atomic mass is 16.5. The monoisotopic (exact) mass is 235 g/mol. The van der Waals surface area contributed by atoms with Gasteiger partial charge in [0.1, 0.15) is 11.8 Å². The van der Waals surface area contributed by atoms with Crippen molar-refractivity contribution in [2.45, 2.75) is 32.2 Å². The molecule has 4 nitrogen and oxygen atoms in total. The van der Waals surface area contributed by atoms with Crippen LogP contribution in [0.4, 0.5) is 0 Å². The summed E-state index contributed by atoms with van der Waals surface area (Å²) in [6.07, 6.45) is 9.28. The second-order valence-corrected chi connectivity index (χ2v) is 4.41. The molecule has 1 unspecified atom stereocenters. The maximum atomic E-state index is 5.77. The Balaban J connectivity index is 2.18. The van der Waals surface area contributed by atoms with Crippen LogP contribution in [0.25, 0.3) is 0 Å². The third-order valence-electron chi connectivity index (χ3n) is 3.00. The quantitative estimate of drug-likeness (QED) is 0.850. The third-order valence-corrected chi connectivity index (χ3v) is 3.00. The third kappa shape index (κ3) is 2.88. The van der Waals surface area contributed by atoms with Crippen LogP contribution in [-0.4, -0.2) is 22.7 Å². The molecule has 2 heterocycles. The minimum atomic E-state index is 0.141. The first-order valence-corrected chi connectivity index (χ1v) is 6.35. The fourth-order valence-corrected chi connectivity index (χ4v) is 2.06. The Hall–Kier alpha value is -1.29. The maximum absolute atomic E-state index is 5.77. The molecule has 94 valence electrons. The van der Waals surface area contributed by atoms with Gasteiger partial charge in [-0.1, -0.05) is 6.92 Å². The fraction of sp³-hybridized carbons (Fsp3) is 0.615. The zero-order valence-electron chi connectivity index (χ0n) is 10.6. The number of aryl methyl sites for hydroxylation is 1. The predicted molar refractivity (Wildman–Crippen MR) is 67.5 cm³/mol. The molecule has 0 spiro atoms. The number of nitrogens with one attached hydrogen (secondary N) is 1. The highest BCUT2D eigenvalue weighted by molar-refractivity contribution is 5.18. The number of aromatic nitrogens is 2. The summed E-state index contributed by atoms with van der Waals surface area (Å²) in [6, 6.07) is 0.141. The summed E-state index contributed by atoms with van der Waals surface area (Å²) in [4.78, 5) is 4.19. The smallest absolute Gasteiger partial charge is 0.115 e. The number of hydrogen-bond donors (Lipinski definition) is 1. The Morgan fingerprint density at radius 2 is 2.47 bits per heavy atom. The first-order valence-electron chi connectivity index (χ1n) is 6.35. The van der Waals surface area contributed by atoms with E-state index < -0.39 is 0 Å². The van der Waals surface area contributed by atoms with Gasteiger partial charge in [0, 0.05) is 7.05 Å². The summed E-state index contributed by atoms with van der Waals surface area (Å²) in [5, 5.41) is 3.53. The molecule has 0 fully saturated rings. The molecule has 0 saturated carbocycles. The SMILES string of the molecule is CCCNC(C1=CCCCO1)c1cncn1C. The van der Waals surface area contributed by atoms with Gasteiger partial charge in [-0.15, -0.1) is 0 Å². The molecule has 1 aliphatic rings. The fourth-order valence-electron chi connectivity index (χ4n) is 2.06. The number of hydrogen-bond acceptors (Lipinski definition) is 3. The first-order chi connectivity index (χ1) is 8.33. The first kappa shape index (κ1) is 12.2. The van der Waals surface area contributed by atoms with Crippen LogP contribution in [0.5, 0.6) is 0 Å². The standard InChI is InChI=1S/C13H21N3O/c1-3-7-15-13(11-9-14-10-16(11)2)12-6-4-5-8-17-12/h6,9-10,13,15H,3-5,7-8H2,1-2H3. The zero-order chi connectivity index (χ0) is 12.1. The van der Waals surface area contributed by atoms with Gasteiger partial charge in [0.05, 0.1) is 24.8 Å². The van der Waals surface area contributed by atoms with E-state index in [2.05, 4.69) is 23.3 Å². The summed E-state index contributed by atoms with van der Waals surface area (Å²) in [6.45, 7) is 3.98. The van der Waals surface area contributed by atoms with Crippen molar-refractivity contribution in [2.75, 3.05) is 13.2 Å². The minimum Gasteiger partial charge on any atom is -0.496 e. The Labute approximate surface area is 103 Å². The van der Waals surface area contributed by atoms with E-state index in [1.165, 1.54) is 0 Å². The molecule has 1 aromatic rings. The van der Waals surface area contributed by atoms with Crippen LogP contribution < -0.4 is 5.32 Å². The molecule has 0 amide bonds. The van der Waals surface area contributed by atoms with Crippen LogP contribution in [0.3, 0.4) is 0 Å². The second-order valence-electron chi connectivity index (χ2n) is 4.41. The van der Waals surface area contributed by atoms with Gasteiger partial charge in [-0.3, -0.25) is 0 Å². The molecule has 1 atom stereocenters. The van der Waals surface area contributed by atoms with Crippen LogP contribution in [0.2, 0.25) is 0 Å². The van der Waals surface area contributed by atoms with E-state index in [1.807, 2.05) is 24.1 Å². The summed E-state index contributed by atoms with van der Waals surface area (Å²) < 4.78 is 7.82. The van der Waals surface area contributed by atoms with Crippen molar-refractivity contribution in [1.29, 1.82) is 0 Å². The van der Waals surface area contributed by atoms with E-state index in [9.17, 15) is 0 Å². The van der Waals surface area contributed by atoms with Crippen LogP contribution in [0.1, 0.15) is 37.9 Å². The van der Waals surface area contributed by atoms with Crippen molar-refractivity contribution in [1.82, 2.24) is 14.9 Å². The van der Waals surface area contributed by atoms with Crippen molar-refractivity contribution in [3.8, 4) is 0 Å². The number of nitrogens with zero attached hydrogens (tertiary/aromatic N) is 2. The molecule has 1 aromatic heterocycles. The van der Waals surface area contributed by atoms with Gasteiger partial charge in [-0.05, 0) is 31.9 Å². The van der Waals surface area contributed by atoms with Crippen LogP contribution in [-0.2, 0) is 11.8 Å². The summed E-state index contributed by atoms with van der Waals surface area (Å²) >= 11 is 0. The lowest BCUT2D eigenvalue weighted by molar-refractivity contribution is 0.166. The van der Waals surface area contributed by atoms with Crippen LogP contribution >= 0.6 is 0 Å². The molecular formula is C13H21N3O. The predicted octanol–water partition coefficient (Wildman–Crippen LogP) is 2.16. The van der Waals surface area contributed by atoms with Crippen molar-refractivity contribution >= 4 is 0 Å². The van der Waals surface area contributed by atoms with E-state index in [1.54, 1.807) is 0 Å². The van der Waals surface area contributed by atoms with Gasteiger partial charge < -0.3 is 14.6 Å². The van der Waals surface area contributed by atoms with Gasteiger partial charge in [0.25, 0.3) is 0 Å². The molecule has 0 aliphatic carbocycles. The molecule has 0 radical (unpaired) electrons. The van der Waals surface area contributed by atoms with Crippen molar-refractivity contribution in [2.24, 2.45) is 7.05 Å². The zero-order valence-corrected chi connectivity index (χ0v) is 10.6. The molecular weight excluding hydrogens is 214 g/mol. The van der Waals surface area contributed by atoms with E-state index in [4.69, 9.17) is 4.74 Å². The maximum Gasteiger partial charge on any atom is 0.115 e. The second kappa shape index (κ2) is 5.87. The van der Waals surface area contributed by atoms with E-state index >= 15 is 0 Å². The Morgan fingerprint density at radius 3 is 3.06 bits per heavy atom. The number of ether oxygens (including phenoxy) is 1. The van der Waals surface area contributed by atoms with Gasteiger partial charge in [0.15, 0.2) is 0 Å². The summed E-state index contributed by atoms with van der Waals surface area (Å²) in [5.74, 6) is 1.05. The van der Waals surface area contributed by atoms with Crippen molar-refractivity contribution in [3.63, 3.8) is 0 Å². The van der Waals surface area contributed by atoms with Crippen molar-refractivity contribution in [3.05, 3.63) is 30.1 Å². The number of rotatable bonds is 5. The Kier molecular flexibility index (Phi) is 4.20. The molecule has 0 saturated heterocycles. The van der Waals surface area contributed by atoms with Gasteiger partial charge >= 0.3 is 0 Å². The molecule has 0 bridgehead atoms. The minimum absolute atomic E-state index is 0.141. The molecule has 0 aromatic carbocycles. The average molecular weight is 235 g/mol. The number of imidazole rings is 1. The lowest BCUT2D eigenvalue weighted by atomic mass is 10.1. The Morgan fingerprint density at radius 1 is 1.59 bits per heavy atom. The van der Waals surface area contributed by atoms with Crippen LogP contribution in [0, 0.1) is 0 Å². The van der Waals surface area contributed by atoms with Gasteiger partial charge in [-0.2, -0.15) is 0 Å². The normalized spacial score (nSPS) is 17.4. The highest BCUT2D eigenvalue weighted by Gasteiger charge is 2.21. The number of allylic oxidation sites excluding steroid dienone is 1. The lowest BCUT2D eigenvalue weighted by Crippen LogP contribution is -2.27. The average Bonchev–Trinajstić information content (AvgIpc) is 2.78. The van der Waals surface area contributed by atoms with Gasteiger partial charge in [-0.25, -0.2) is 4.98 Å². The lowest BCUT2D eigenvalue weighted by Gasteiger charge is -2.25. The van der Waals surface area contributed by atoms with Crippen molar-refractivity contribution < 1.29 is 4.74 Å². The molecule has 4 heteroatoms. The van der Waals surface area contributed by atoms with E-state index in [0.29, 0.717) is 0 Å².